The van der Waals surface area contributed by atoms with Crippen LogP contribution in [-0.2, 0) is 14.3 Å². The average Bonchev–Trinajstić information content (AvgIpc) is 2.77. The second-order valence-electron chi connectivity index (χ2n) is 4.63. The van der Waals surface area contributed by atoms with Crippen LogP contribution in [0.5, 0.6) is 0 Å². The molecule has 2 heterocycles. The van der Waals surface area contributed by atoms with E-state index in [9.17, 15) is 4.79 Å². The molecule has 0 spiro atoms. The molecule has 2 aliphatic heterocycles. The molecule has 5 heteroatoms. The van der Waals surface area contributed by atoms with Crippen LogP contribution in [0.3, 0.4) is 0 Å². The van der Waals surface area contributed by atoms with Crippen molar-refractivity contribution in [3.8, 4) is 0 Å². The molecule has 2 fully saturated rings. The van der Waals surface area contributed by atoms with Crippen molar-refractivity contribution in [3.05, 3.63) is 0 Å². The Morgan fingerprint density at radius 3 is 3.00 bits per heavy atom. The maximum Gasteiger partial charge on any atom is 0.306 e. The SMILES string of the molecule is CN1CCCC1CC1OCC(CC(=O)O)O1. The second kappa shape index (κ2) is 5.12. The summed E-state index contributed by atoms with van der Waals surface area (Å²) in [6, 6.07) is 0.522. The van der Waals surface area contributed by atoms with E-state index >= 15 is 0 Å². The van der Waals surface area contributed by atoms with Crippen molar-refractivity contribution in [1.29, 1.82) is 0 Å². The monoisotopic (exact) mass is 229 g/mol. The number of aliphatic carboxylic acids is 1. The summed E-state index contributed by atoms with van der Waals surface area (Å²) in [6.45, 7) is 1.54. The Hall–Kier alpha value is -0.650. The van der Waals surface area contributed by atoms with Gasteiger partial charge in [-0.2, -0.15) is 0 Å². The molecule has 2 aliphatic rings. The van der Waals surface area contributed by atoms with E-state index < -0.39 is 5.97 Å². The molecule has 3 atom stereocenters. The molecule has 0 amide bonds. The highest BCUT2D eigenvalue weighted by molar-refractivity contribution is 5.67. The number of carboxylic acids is 1. The fourth-order valence-corrected chi connectivity index (χ4v) is 2.43. The van der Waals surface area contributed by atoms with Gasteiger partial charge in [0.05, 0.1) is 19.1 Å². The van der Waals surface area contributed by atoms with E-state index in [-0.39, 0.29) is 18.8 Å². The first-order chi connectivity index (χ1) is 7.65. The molecule has 0 aromatic carbocycles. The van der Waals surface area contributed by atoms with Gasteiger partial charge in [0.1, 0.15) is 0 Å². The summed E-state index contributed by atoms with van der Waals surface area (Å²) in [6.07, 6.45) is 2.82. The predicted octanol–water partition coefficient (Wildman–Crippen LogP) is 0.687. The van der Waals surface area contributed by atoms with Crippen LogP contribution in [0.2, 0.25) is 0 Å². The predicted molar refractivity (Wildman–Crippen MR) is 57.1 cm³/mol. The van der Waals surface area contributed by atoms with E-state index in [0.717, 1.165) is 13.0 Å². The lowest BCUT2D eigenvalue weighted by Gasteiger charge is -2.22. The first-order valence-electron chi connectivity index (χ1n) is 5.84. The van der Waals surface area contributed by atoms with Crippen molar-refractivity contribution >= 4 is 5.97 Å². The Labute approximate surface area is 95.3 Å². The van der Waals surface area contributed by atoms with Crippen LogP contribution in [-0.4, -0.2) is 54.6 Å². The molecule has 5 nitrogen and oxygen atoms in total. The fraction of sp³-hybridized carbons (Fsp3) is 0.909. The zero-order valence-electron chi connectivity index (χ0n) is 9.59. The zero-order chi connectivity index (χ0) is 11.5. The topological polar surface area (TPSA) is 59.0 Å². The van der Waals surface area contributed by atoms with E-state index in [0.29, 0.717) is 12.6 Å². The van der Waals surface area contributed by atoms with Crippen LogP contribution < -0.4 is 0 Å². The van der Waals surface area contributed by atoms with E-state index in [1.165, 1.54) is 12.8 Å². The lowest BCUT2D eigenvalue weighted by Crippen LogP contribution is -2.29. The summed E-state index contributed by atoms with van der Waals surface area (Å²) >= 11 is 0. The Kier molecular flexibility index (Phi) is 3.78. The molecular formula is C11H19NO4. The standard InChI is InChI=1S/C11H19NO4/c1-12-4-2-3-8(12)5-11-15-7-9(16-11)6-10(13)14/h8-9,11H,2-7H2,1H3,(H,13,14). The minimum atomic E-state index is -0.827. The smallest absolute Gasteiger partial charge is 0.306 e. The van der Waals surface area contributed by atoms with Crippen molar-refractivity contribution in [3.63, 3.8) is 0 Å². The Morgan fingerprint density at radius 2 is 2.38 bits per heavy atom. The van der Waals surface area contributed by atoms with Crippen LogP contribution in [0.4, 0.5) is 0 Å². The lowest BCUT2D eigenvalue weighted by molar-refractivity contribution is -0.140. The first kappa shape index (κ1) is 11.8. The molecule has 0 bridgehead atoms. The van der Waals surface area contributed by atoms with Gasteiger partial charge in [-0.25, -0.2) is 0 Å². The van der Waals surface area contributed by atoms with Crippen molar-refractivity contribution in [2.24, 2.45) is 0 Å². The number of carboxylic acid groups (broad SMARTS) is 1. The number of rotatable bonds is 4. The summed E-state index contributed by atoms with van der Waals surface area (Å²) in [4.78, 5) is 12.8. The van der Waals surface area contributed by atoms with Crippen molar-refractivity contribution < 1.29 is 19.4 Å². The normalized spacial score (nSPS) is 35.7. The van der Waals surface area contributed by atoms with Gasteiger partial charge >= 0.3 is 5.97 Å². The van der Waals surface area contributed by atoms with Crippen LogP contribution in [0.1, 0.15) is 25.7 Å². The summed E-state index contributed by atoms with van der Waals surface area (Å²) < 4.78 is 11.0. The van der Waals surface area contributed by atoms with Crippen molar-refractivity contribution in [1.82, 2.24) is 4.90 Å². The van der Waals surface area contributed by atoms with Gasteiger partial charge in [0.2, 0.25) is 0 Å². The molecule has 0 saturated carbocycles. The number of hydrogen-bond donors (Lipinski definition) is 1. The second-order valence-corrected chi connectivity index (χ2v) is 4.63. The molecule has 1 N–H and O–H groups in total. The van der Waals surface area contributed by atoms with Crippen LogP contribution >= 0.6 is 0 Å². The summed E-state index contributed by atoms with van der Waals surface area (Å²) in [7, 11) is 2.11. The summed E-state index contributed by atoms with van der Waals surface area (Å²) in [5, 5.41) is 8.64. The molecule has 92 valence electrons. The van der Waals surface area contributed by atoms with Crippen LogP contribution in [0.25, 0.3) is 0 Å². The Morgan fingerprint density at radius 1 is 1.56 bits per heavy atom. The largest absolute Gasteiger partial charge is 0.481 e. The minimum Gasteiger partial charge on any atom is -0.481 e. The molecular weight excluding hydrogens is 210 g/mol. The third-order valence-electron chi connectivity index (χ3n) is 3.35. The molecule has 0 radical (unpaired) electrons. The number of likely N-dealkylation sites (tertiary alicyclic amines) is 1. The average molecular weight is 229 g/mol. The van der Waals surface area contributed by atoms with Gasteiger partial charge in [-0.3, -0.25) is 4.79 Å². The van der Waals surface area contributed by atoms with Gasteiger partial charge < -0.3 is 19.5 Å². The molecule has 0 aliphatic carbocycles. The molecule has 16 heavy (non-hydrogen) atoms. The van der Waals surface area contributed by atoms with Crippen LogP contribution in [0, 0.1) is 0 Å². The van der Waals surface area contributed by atoms with Gasteiger partial charge in [-0.15, -0.1) is 0 Å². The Balaban J connectivity index is 1.74. The van der Waals surface area contributed by atoms with Gasteiger partial charge in [0, 0.05) is 12.5 Å². The fourth-order valence-electron chi connectivity index (χ4n) is 2.43. The quantitative estimate of drug-likeness (QED) is 0.768. The van der Waals surface area contributed by atoms with Crippen LogP contribution in [0.15, 0.2) is 0 Å². The highest BCUT2D eigenvalue weighted by Crippen LogP contribution is 2.25. The summed E-state index contributed by atoms with van der Waals surface area (Å²) in [5.41, 5.74) is 0. The van der Waals surface area contributed by atoms with E-state index in [1.54, 1.807) is 0 Å². The number of nitrogens with zero attached hydrogens (tertiary/aromatic N) is 1. The van der Waals surface area contributed by atoms with Crippen molar-refractivity contribution in [2.75, 3.05) is 20.2 Å². The number of hydrogen-bond acceptors (Lipinski definition) is 4. The third kappa shape index (κ3) is 2.93. The lowest BCUT2D eigenvalue weighted by atomic mass is 10.1. The van der Waals surface area contributed by atoms with Gasteiger partial charge in [-0.05, 0) is 26.4 Å². The van der Waals surface area contributed by atoms with E-state index in [1.807, 2.05) is 0 Å². The third-order valence-corrected chi connectivity index (χ3v) is 3.35. The molecule has 0 aromatic heterocycles. The van der Waals surface area contributed by atoms with E-state index in [4.69, 9.17) is 14.6 Å². The summed E-state index contributed by atoms with van der Waals surface area (Å²) in [5.74, 6) is -0.827. The van der Waals surface area contributed by atoms with Gasteiger partial charge in [-0.1, -0.05) is 0 Å². The highest BCUT2D eigenvalue weighted by Gasteiger charge is 2.32. The van der Waals surface area contributed by atoms with Gasteiger partial charge in [0.15, 0.2) is 6.29 Å². The molecule has 3 unspecified atom stereocenters. The number of carbonyl (C=O) groups is 1. The molecule has 2 saturated heterocycles. The van der Waals surface area contributed by atoms with Gasteiger partial charge in [0.25, 0.3) is 0 Å². The molecule has 0 aromatic rings. The maximum absolute atomic E-state index is 10.5. The first-order valence-corrected chi connectivity index (χ1v) is 5.84. The maximum atomic E-state index is 10.5. The number of ether oxygens (including phenoxy) is 2. The van der Waals surface area contributed by atoms with E-state index in [2.05, 4.69) is 11.9 Å². The molecule has 2 rings (SSSR count). The zero-order valence-corrected chi connectivity index (χ0v) is 9.59. The Bertz CT molecular complexity index is 258. The highest BCUT2D eigenvalue weighted by atomic mass is 16.7. The van der Waals surface area contributed by atoms with Crippen molar-refractivity contribution in [2.45, 2.75) is 44.1 Å². The minimum absolute atomic E-state index is 0.0387.